The van der Waals surface area contributed by atoms with Gasteiger partial charge in [0.15, 0.2) is 12.6 Å². The zero-order valence-electron chi connectivity index (χ0n) is 21.3. The highest BCUT2D eigenvalue weighted by Crippen LogP contribution is 2.57. The molecule has 12 atom stereocenters. The molecule has 36 heavy (non-hydrogen) atoms. The maximum atomic E-state index is 11.5. The Kier molecular flexibility index (Phi) is 7.86. The van der Waals surface area contributed by atoms with Crippen molar-refractivity contribution in [2.45, 2.75) is 125 Å². The van der Waals surface area contributed by atoms with Gasteiger partial charge in [-0.3, -0.25) is 0 Å². The maximum Gasteiger partial charge on any atom is 0.186 e. The number of hydrogen-bond donors (Lipinski definition) is 7. The Labute approximate surface area is 210 Å². The average molecular weight is 523 g/mol. The summed E-state index contributed by atoms with van der Waals surface area (Å²) in [7, 11) is 0. The minimum absolute atomic E-state index is 0.0323. The van der Waals surface area contributed by atoms with Gasteiger partial charge in [0.25, 0.3) is 0 Å². The molecule has 12 nitrogen and oxygen atoms in total. The minimum atomic E-state index is -1.87. The first-order chi connectivity index (χ1) is 16.7. The van der Waals surface area contributed by atoms with Gasteiger partial charge in [-0.05, 0) is 38.5 Å². The molecule has 1 saturated carbocycles. The smallest absolute Gasteiger partial charge is 0.186 e. The van der Waals surface area contributed by atoms with E-state index >= 15 is 0 Å². The van der Waals surface area contributed by atoms with Crippen LogP contribution >= 0.6 is 0 Å². The summed E-state index contributed by atoms with van der Waals surface area (Å²) in [5.41, 5.74) is -4.30. The zero-order valence-corrected chi connectivity index (χ0v) is 21.3. The summed E-state index contributed by atoms with van der Waals surface area (Å²) in [5.74, 6) is 0. The van der Waals surface area contributed by atoms with Crippen molar-refractivity contribution in [2.75, 3.05) is 19.8 Å². The highest BCUT2D eigenvalue weighted by molar-refractivity contribution is 5.14. The van der Waals surface area contributed by atoms with E-state index in [1.807, 2.05) is 20.8 Å². The molecular formula is C24H42O12. The van der Waals surface area contributed by atoms with Gasteiger partial charge < -0.3 is 59.4 Å². The van der Waals surface area contributed by atoms with E-state index in [2.05, 4.69) is 0 Å². The van der Waals surface area contributed by atoms with Crippen LogP contribution < -0.4 is 0 Å². The van der Waals surface area contributed by atoms with Crippen LogP contribution in [0.15, 0.2) is 0 Å². The first kappa shape index (κ1) is 28.5. The Morgan fingerprint density at radius 2 is 1.64 bits per heavy atom. The SMILES string of the molecule is C[C@@H]1CC[C@]2(O1)C(C)(C)C[C@H](O[C@@H]1O[C@H](CO[C@@H]3OC[C@](O)(CO)[C@H]3O)[C@@H](O)[C@H](O)[C@H]1O)C[C@@]2(C)O. The summed E-state index contributed by atoms with van der Waals surface area (Å²) in [5, 5.41) is 72.5. The van der Waals surface area contributed by atoms with Crippen LogP contribution in [0.4, 0.5) is 0 Å². The van der Waals surface area contributed by atoms with Crippen molar-refractivity contribution < 1.29 is 59.4 Å². The maximum absolute atomic E-state index is 11.5. The predicted molar refractivity (Wildman–Crippen MR) is 121 cm³/mol. The molecule has 210 valence electrons. The van der Waals surface area contributed by atoms with E-state index in [-0.39, 0.29) is 25.7 Å². The first-order valence-electron chi connectivity index (χ1n) is 12.7. The molecular weight excluding hydrogens is 480 g/mol. The molecule has 0 aromatic rings. The summed E-state index contributed by atoms with van der Waals surface area (Å²) in [4.78, 5) is 0. The quantitative estimate of drug-likeness (QED) is 0.207. The van der Waals surface area contributed by atoms with Gasteiger partial charge in [0.1, 0.15) is 41.7 Å². The summed E-state index contributed by atoms with van der Waals surface area (Å²) in [6, 6.07) is 0. The van der Waals surface area contributed by atoms with E-state index in [0.29, 0.717) is 12.8 Å². The topological polar surface area (TPSA) is 188 Å². The molecule has 3 saturated heterocycles. The molecule has 0 bridgehead atoms. The number of hydrogen-bond acceptors (Lipinski definition) is 12. The Balaban J connectivity index is 1.41. The Bertz CT molecular complexity index is 758. The second-order valence-corrected chi connectivity index (χ2v) is 11.9. The molecule has 0 aromatic carbocycles. The lowest BCUT2D eigenvalue weighted by Gasteiger charge is -2.58. The second kappa shape index (κ2) is 9.92. The summed E-state index contributed by atoms with van der Waals surface area (Å²) < 4.78 is 28.8. The van der Waals surface area contributed by atoms with Gasteiger partial charge in [-0.1, -0.05) is 13.8 Å². The molecule has 12 heteroatoms. The lowest BCUT2D eigenvalue weighted by molar-refractivity contribution is -0.335. The van der Waals surface area contributed by atoms with Crippen LogP contribution in [0.25, 0.3) is 0 Å². The second-order valence-electron chi connectivity index (χ2n) is 11.9. The molecule has 1 aliphatic carbocycles. The van der Waals surface area contributed by atoms with Gasteiger partial charge in [0, 0.05) is 6.42 Å². The van der Waals surface area contributed by atoms with Crippen molar-refractivity contribution in [1.82, 2.24) is 0 Å². The van der Waals surface area contributed by atoms with E-state index in [1.54, 1.807) is 6.92 Å². The summed E-state index contributed by atoms with van der Waals surface area (Å²) in [6.07, 6.45) is -8.23. The number of rotatable bonds is 6. The molecule has 3 aliphatic heterocycles. The van der Waals surface area contributed by atoms with E-state index in [0.717, 1.165) is 6.42 Å². The van der Waals surface area contributed by atoms with Gasteiger partial charge in [0.2, 0.25) is 0 Å². The third kappa shape index (κ3) is 4.74. The predicted octanol–water partition coefficient (Wildman–Crippen LogP) is -1.85. The summed E-state index contributed by atoms with van der Waals surface area (Å²) in [6.45, 7) is 6.31. The van der Waals surface area contributed by atoms with Gasteiger partial charge in [0.05, 0.1) is 37.6 Å². The molecule has 1 spiro atoms. The number of ether oxygens (including phenoxy) is 5. The standard InChI is InChI=1S/C24H42O12/c1-12-5-6-24(36-12)21(2,3)7-13(8-22(24,4)30)34-19-17(28)16(27)15(26)14(35-19)9-32-20-18(29)23(31,10-25)11-33-20/h12-20,25-31H,5-11H2,1-4H3/t12-,13+,14-,15-,16+,17-,18+,19-,20-,22-,23-,24+/m1/s1. The molecule has 4 rings (SSSR count). The van der Waals surface area contributed by atoms with Crippen LogP contribution in [0.3, 0.4) is 0 Å². The Morgan fingerprint density at radius 3 is 2.19 bits per heavy atom. The lowest BCUT2D eigenvalue weighted by Crippen LogP contribution is -2.67. The fourth-order valence-corrected chi connectivity index (χ4v) is 6.48. The number of aliphatic hydroxyl groups excluding tert-OH is 5. The average Bonchev–Trinajstić information content (AvgIpc) is 3.34. The molecule has 0 aromatic heterocycles. The fraction of sp³-hybridized carbons (Fsp3) is 1.00. The Hall–Kier alpha value is -0.480. The van der Waals surface area contributed by atoms with Gasteiger partial charge >= 0.3 is 0 Å². The van der Waals surface area contributed by atoms with Crippen LogP contribution in [0, 0.1) is 5.41 Å². The molecule has 4 fully saturated rings. The highest BCUT2D eigenvalue weighted by Gasteiger charge is 2.64. The molecule has 7 N–H and O–H groups in total. The van der Waals surface area contributed by atoms with Crippen LogP contribution in [0.5, 0.6) is 0 Å². The number of aliphatic hydroxyl groups is 7. The minimum Gasteiger partial charge on any atom is -0.393 e. The van der Waals surface area contributed by atoms with E-state index in [1.165, 1.54) is 0 Å². The normalized spacial score (nSPS) is 53.2. The molecule has 0 radical (unpaired) electrons. The van der Waals surface area contributed by atoms with Gasteiger partial charge in [-0.15, -0.1) is 0 Å². The van der Waals surface area contributed by atoms with Crippen LogP contribution in [-0.4, -0.2) is 128 Å². The third-order valence-corrected chi connectivity index (χ3v) is 8.63. The summed E-state index contributed by atoms with van der Waals surface area (Å²) >= 11 is 0. The molecule has 0 unspecified atom stereocenters. The molecule has 3 heterocycles. The van der Waals surface area contributed by atoms with Crippen molar-refractivity contribution in [3.05, 3.63) is 0 Å². The van der Waals surface area contributed by atoms with Crippen molar-refractivity contribution in [2.24, 2.45) is 5.41 Å². The van der Waals surface area contributed by atoms with Crippen molar-refractivity contribution in [3.63, 3.8) is 0 Å². The van der Waals surface area contributed by atoms with E-state index in [4.69, 9.17) is 23.7 Å². The molecule has 0 amide bonds. The van der Waals surface area contributed by atoms with Crippen LogP contribution in [0.2, 0.25) is 0 Å². The van der Waals surface area contributed by atoms with Crippen LogP contribution in [-0.2, 0) is 23.7 Å². The van der Waals surface area contributed by atoms with Crippen LogP contribution in [0.1, 0.15) is 53.4 Å². The lowest BCUT2D eigenvalue weighted by atomic mass is 9.56. The Morgan fingerprint density at radius 1 is 0.944 bits per heavy atom. The molecule has 4 aliphatic rings. The van der Waals surface area contributed by atoms with Gasteiger partial charge in [-0.2, -0.15) is 0 Å². The van der Waals surface area contributed by atoms with Crippen molar-refractivity contribution >= 4 is 0 Å². The zero-order chi connectivity index (χ0) is 26.7. The third-order valence-electron chi connectivity index (χ3n) is 8.63. The largest absolute Gasteiger partial charge is 0.393 e. The van der Waals surface area contributed by atoms with Crippen molar-refractivity contribution in [3.8, 4) is 0 Å². The highest BCUT2D eigenvalue weighted by atomic mass is 16.7. The van der Waals surface area contributed by atoms with E-state index < -0.39 is 78.0 Å². The van der Waals surface area contributed by atoms with Crippen molar-refractivity contribution in [1.29, 1.82) is 0 Å². The monoisotopic (exact) mass is 522 g/mol. The fourth-order valence-electron chi connectivity index (χ4n) is 6.48. The van der Waals surface area contributed by atoms with E-state index in [9.17, 15) is 35.7 Å². The van der Waals surface area contributed by atoms with Gasteiger partial charge in [-0.25, -0.2) is 0 Å². The first-order valence-corrected chi connectivity index (χ1v) is 12.7.